The zero-order chi connectivity index (χ0) is 12.3. The molecule has 0 radical (unpaired) electrons. The predicted octanol–water partition coefficient (Wildman–Crippen LogP) is 0.960. The molecule has 6 heteroatoms. The zero-order valence-corrected chi connectivity index (χ0v) is 9.10. The highest BCUT2D eigenvalue weighted by molar-refractivity contribution is 5.26. The molecule has 0 fully saturated rings. The molecule has 1 heterocycles. The van der Waals surface area contributed by atoms with Crippen LogP contribution in [0.4, 0.5) is 16.3 Å². The van der Waals surface area contributed by atoms with Crippen LogP contribution in [0.15, 0.2) is 24.3 Å². The van der Waals surface area contributed by atoms with Crippen LogP contribution in [0.1, 0.15) is 11.4 Å². The first-order chi connectivity index (χ1) is 8.13. The van der Waals surface area contributed by atoms with Crippen LogP contribution in [0, 0.1) is 5.82 Å². The molecule has 2 rings (SSSR count). The quantitative estimate of drug-likeness (QED) is 0.824. The van der Waals surface area contributed by atoms with Crippen molar-refractivity contribution in [2.75, 3.05) is 11.5 Å². The summed E-state index contributed by atoms with van der Waals surface area (Å²) in [6, 6.07) is 6.30. The summed E-state index contributed by atoms with van der Waals surface area (Å²) in [6.45, 7) is 0. The normalized spacial score (nSPS) is 10.4. The molecule has 17 heavy (non-hydrogen) atoms. The van der Waals surface area contributed by atoms with Gasteiger partial charge in [-0.05, 0) is 24.1 Å². The van der Waals surface area contributed by atoms with Crippen molar-refractivity contribution in [2.24, 2.45) is 0 Å². The van der Waals surface area contributed by atoms with Crippen LogP contribution in [0.3, 0.4) is 0 Å². The maximum atomic E-state index is 12.7. The van der Waals surface area contributed by atoms with E-state index in [0.717, 1.165) is 5.56 Å². The van der Waals surface area contributed by atoms with Gasteiger partial charge in [-0.1, -0.05) is 12.1 Å². The Balaban J connectivity index is 2.04. The fraction of sp³-hybridized carbons (Fsp3) is 0.182. The summed E-state index contributed by atoms with van der Waals surface area (Å²) < 4.78 is 12.7. The van der Waals surface area contributed by atoms with Gasteiger partial charge in [-0.15, -0.1) is 0 Å². The van der Waals surface area contributed by atoms with E-state index in [2.05, 4.69) is 15.0 Å². The molecule has 0 unspecified atom stereocenters. The van der Waals surface area contributed by atoms with E-state index >= 15 is 0 Å². The van der Waals surface area contributed by atoms with Crippen molar-refractivity contribution in [3.8, 4) is 0 Å². The summed E-state index contributed by atoms with van der Waals surface area (Å²) in [5, 5.41) is 0. The molecular weight excluding hydrogens is 221 g/mol. The zero-order valence-electron chi connectivity index (χ0n) is 9.10. The molecule has 0 aliphatic heterocycles. The van der Waals surface area contributed by atoms with Crippen LogP contribution in [0.25, 0.3) is 0 Å². The largest absolute Gasteiger partial charge is 0.368 e. The summed E-state index contributed by atoms with van der Waals surface area (Å²) >= 11 is 0. The third-order valence-corrected chi connectivity index (χ3v) is 2.27. The minimum atomic E-state index is -0.248. The maximum Gasteiger partial charge on any atom is 0.225 e. The van der Waals surface area contributed by atoms with Crippen LogP contribution < -0.4 is 11.5 Å². The van der Waals surface area contributed by atoms with E-state index in [-0.39, 0.29) is 17.7 Å². The van der Waals surface area contributed by atoms with Crippen LogP contribution in [0.5, 0.6) is 0 Å². The van der Waals surface area contributed by atoms with Gasteiger partial charge >= 0.3 is 0 Å². The van der Waals surface area contributed by atoms with Crippen molar-refractivity contribution >= 4 is 11.9 Å². The molecule has 4 N–H and O–H groups in total. The molecule has 0 spiro atoms. The molecule has 1 aromatic heterocycles. The number of hydrogen-bond acceptors (Lipinski definition) is 5. The van der Waals surface area contributed by atoms with Crippen LogP contribution >= 0.6 is 0 Å². The standard InChI is InChI=1S/C11H12FN5/c12-8-4-1-7(2-5-8)3-6-9-15-10(13)17-11(14)16-9/h1-2,4-5H,3,6H2,(H4,13,14,15,16,17). The molecule has 0 saturated carbocycles. The highest BCUT2D eigenvalue weighted by atomic mass is 19.1. The van der Waals surface area contributed by atoms with Crippen molar-refractivity contribution in [3.05, 3.63) is 41.5 Å². The molecule has 5 nitrogen and oxygen atoms in total. The predicted molar refractivity (Wildman–Crippen MR) is 62.5 cm³/mol. The second kappa shape index (κ2) is 4.73. The third kappa shape index (κ3) is 3.10. The van der Waals surface area contributed by atoms with Gasteiger partial charge in [0.05, 0.1) is 0 Å². The van der Waals surface area contributed by atoms with Gasteiger partial charge in [-0.3, -0.25) is 0 Å². The number of hydrogen-bond donors (Lipinski definition) is 2. The first kappa shape index (κ1) is 11.3. The third-order valence-electron chi connectivity index (χ3n) is 2.27. The average Bonchev–Trinajstić information content (AvgIpc) is 2.27. The van der Waals surface area contributed by atoms with Gasteiger partial charge < -0.3 is 11.5 Å². The van der Waals surface area contributed by atoms with Gasteiger partial charge in [0.1, 0.15) is 11.6 Å². The molecule has 88 valence electrons. The van der Waals surface area contributed by atoms with E-state index in [1.807, 2.05) is 0 Å². The minimum absolute atomic E-state index is 0.117. The summed E-state index contributed by atoms with van der Waals surface area (Å²) in [7, 11) is 0. The summed E-state index contributed by atoms with van der Waals surface area (Å²) in [6.07, 6.45) is 1.28. The molecular formula is C11H12FN5. The molecule has 0 bridgehead atoms. The Hall–Kier alpha value is -2.24. The highest BCUT2D eigenvalue weighted by Gasteiger charge is 2.02. The number of nitrogens with two attached hydrogens (primary N) is 2. The Bertz CT molecular complexity index is 492. The van der Waals surface area contributed by atoms with Crippen molar-refractivity contribution in [2.45, 2.75) is 12.8 Å². The van der Waals surface area contributed by atoms with Gasteiger partial charge in [-0.2, -0.15) is 15.0 Å². The van der Waals surface area contributed by atoms with Crippen molar-refractivity contribution < 1.29 is 4.39 Å². The molecule has 0 amide bonds. The van der Waals surface area contributed by atoms with E-state index in [1.165, 1.54) is 12.1 Å². The second-order valence-corrected chi connectivity index (χ2v) is 3.59. The number of nitrogen functional groups attached to an aromatic ring is 2. The van der Waals surface area contributed by atoms with Gasteiger partial charge in [0.25, 0.3) is 0 Å². The summed E-state index contributed by atoms with van der Waals surface area (Å²) in [5.41, 5.74) is 11.9. The van der Waals surface area contributed by atoms with Gasteiger partial charge in [0.15, 0.2) is 0 Å². The van der Waals surface area contributed by atoms with E-state index in [9.17, 15) is 4.39 Å². The summed E-state index contributed by atoms with van der Waals surface area (Å²) in [5.74, 6) is 0.528. The lowest BCUT2D eigenvalue weighted by Gasteiger charge is -2.02. The topological polar surface area (TPSA) is 90.7 Å². The van der Waals surface area contributed by atoms with Crippen LogP contribution in [-0.2, 0) is 12.8 Å². The Morgan fingerprint density at radius 3 is 2.06 bits per heavy atom. The number of aryl methyl sites for hydroxylation is 2. The molecule has 2 aromatic rings. The van der Waals surface area contributed by atoms with Crippen molar-refractivity contribution in [1.82, 2.24) is 15.0 Å². The SMILES string of the molecule is Nc1nc(N)nc(CCc2ccc(F)cc2)n1. The number of anilines is 2. The van der Waals surface area contributed by atoms with Crippen LogP contribution in [-0.4, -0.2) is 15.0 Å². The number of halogens is 1. The second-order valence-electron chi connectivity index (χ2n) is 3.59. The Kier molecular flexibility index (Phi) is 3.13. The van der Waals surface area contributed by atoms with Crippen LogP contribution in [0.2, 0.25) is 0 Å². The number of aromatic nitrogens is 3. The molecule has 0 atom stereocenters. The molecule has 0 saturated heterocycles. The number of benzene rings is 1. The molecule has 0 aliphatic rings. The fourth-order valence-electron chi connectivity index (χ4n) is 1.48. The number of rotatable bonds is 3. The van der Waals surface area contributed by atoms with Crippen molar-refractivity contribution in [1.29, 1.82) is 0 Å². The minimum Gasteiger partial charge on any atom is -0.368 e. The average molecular weight is 233 g/mol. The van der Waals surface area contributed by atoms with E-state index < -0.39 is 0 Å². The smallest absolute Gasteiger partial charge is 0.225 e. The van der Waals surface area contributed by atoms with E-state index in [1.54, 1.807) is 12.1 Å². The van der Waals surface area contributed by atoms with Gasteiger partial charge in [0.2, 0.25) is 11.9 Å². The van der Waals surface area contributed by atoms with Crippen molar-refractivity contribution in [3.63, 3.8) is 0 Å². The number of nitrogens with zero attached hydrogens (tertiary/aromatic N) is 3. The maximum absolute atomic E-state index is 12.7. The lowest BCUT2D eigenvalue weighted by molar-refractivity contribution is 0.627. The highest BCUT2D eigenvalue weighted by Crippen LogP contribution is 2.07. The van der Waals surface area contributed by atoms with E-state index in [0.29, 0.717) is 18.7 Å². The Morgan fingerprint density at radius 2 is 1.47 bits per heavy atom. The first-order valence-electron chi connectivity index (χ1n) is 5.14. The van der Waals surface area contributed by atoms with E-state index in [4.69, 9.17) is 11.5 Å². The fourth-order valence-corrected chi connectivity index (χ4v) is 1.48. The monoisotopic (exact) mass is 233 g/mol. The lowest BCUT2D eigenvalue weighted by atomic mass is 10.1. The first-order valence-corrected chi connectivity index (χ1v) is 5.14. The van der Waals surface area contributed by atoms with Gasteiger partial charge in [0, 0.05) is 6.42 Å². The lowest BCUT2D eigenvalue weighted by Crippen LogP contribution is -2.07. The molecule has 0 aliphatic carbocycles. The Labute approximate surface area is 97.7 Å². The Morgan fingerprint density at radius 1 is 0.882 bits per heavy atom. The summed E-state index contributed by atoms with van der Waals surface area (Å²) in [4.78, 5) is 11.6. The van der Waals surface area contributed by atoms with Gasteiger partial charge in [-0.25, -0.2) is 4.39 Å². The molecule has 1 aromatic carbocycles.